The lowest BCUT2D eigenvalue weighted by atomic mass is 10.0. The van der Waals surface area contributed by atoms with Crippen molar-refractivity contribution in [2.24, 2.45) is 0 Å². The van der Waals surface area contributed by atoms with Crippen LogP contribution in [-0.2, 0) is 6.42 Å². The van der Waals surface area contributed by atoms with Crippen molar-refractivity contribution in [2.45, 2.75) is 6.42 Å². The van der Waals surface area contributed by atoms with Crippen molar-refractivity contribution in [3.8, 4) is 0 Å². The third-order valence-corrected chi connectivity index (χ3v) is 4.52. The van der Waals surface area contributed by atoms with Crippen molar-refractivity contribution in [1.29, 1.82) is 0 Å². The van der Waals surface area contributed by atoms with Crippen LogP contribution in [0.15, 0.2) is 66.7 Å². The van der Waals surface area contributed by atoms with Crippen LogP contribution in [-0.4, -0.2) is 11.1 Å². The summed E-state index contributed by atoms with van der Waals surface area (Å²) >= 11 is 12.0. The maximum Gasteiger partial charge on any atom is 0.337 e. The molecule has 0 heterocycles. The summed E-state index contributed by atoms with van der Waals surface area (Å²) in [5.41, 5.74) is 3.82. The Morgan fingerprint density at radius 2 is 1.56 bits per heavy atom. The van der Waals surface area contributed by atoms with Crippen molar-refractivity contribution >= 4 is 40.5 Å². The van der Waals surface area contributed by atoms with Crippen molar-refractivity contribution < 1.29 is 9.90 Å². The second-order valence-electron chi connectivity index (χ2n) is 5.60. The Hall–Kier alpha value is -2.49. The van der Waals surface area contributed by atoms with Crippen LogP contribution >= 0.6 is 23.2 Å². The number of carboxylic acid groups (broad SMARTS) is 1. The Balaban J connectivity index is 1.74. The molecule has 3 nitrogen and oxygen atoms in total. The van der Waals surface area contributed by atoms with Crippen LogP contribution in [0.5, 0.6) is 0 Å². The molecular weight excluding hydrogens is 357 g/mol. The molecule has 0 saturated carbocycles. The van der Waals surface area contributed by atoms with Crippen LogP contribution in [0.3, 0.4) is 0 Å². The molecule has 5 heteroatoms. The number of carboxylic acids is 1. The molecule has 3 aromatic carbocycles. The van der Waals surface area contributed by atoms with E-state index in [1.807, 2.05) is 36.4 Å². The minimum atomic E-state index is -0.959. The molecule has 3 rings (SSSR count). The molecule has 2 N–H and O–H groups in total. The van der Waals surface area contributed by atoms with E-state index in [0.717, 1.165) is 23.2 Å². The van der Waals surface area contributed by atoms with Crippen LogP contribution in [0.25, 0.3) is 0 Å². The predicted molar refractivity (Wildman–Crippen MR) is 102 cm³/mol. The molecule has 0 atom stereocenters. The molecule has 0 fully saturated rings. The quantitative estimate of drug-likeness (QED) is 0.575. The van der Waals surface area contributed by atoms with Gasteiger partial charge in [-0.25, -0.2) is 4.79 Å². The Labute approximate surface area is 155 Å². The summed E-state index contributed by atoms with van der Waals surface area (Å²) in [6.07, 6.45) is 0.739. The van der Waals surface area contributed by atoms with E-state index < -0.39 is 5.97 Å². The van der Waals surface area contributed by atoms with Crippen molar-refractivity contribution in [2.75, 3.05) is 5.32 Å². The van der Waals surface area contributed by atoms with Gasteiger partial charge in [0.25, 0.3) is 0 Å². The number of nitrogens with one attached hydrogen (secondary N) is 1. The zero-order valence-electron chi connectivity index (χ0n) is 13.2. The molecule has 0 bridgehead atoms. The normalized spacial score (nSPS) is 10.5. The van der Waals surface area contributed by atoms with Crippen LogP contribution < -0.4 is 5.32 Å². The minimum Gasteiger partial charge on any atom is -0.478 e. The molecule has 0 unspecified atom stereocenters. The monoisotopic (exact) mass is 371 g/mol. The first kappa shape index (κ1) is 17.3. The molecule has 0 aliphatic heterocycles. The topological polar surface area (TPSA) is 49.3 Å². The van der Waals surface area contributed by atoms with Gasteiger partial charge in [-0.15, -0.1) is 0 Å². The zero-order chi connectivity index (χ0) is 17.8. The first-order valence-electron chi connectivity index (χ1n) is 7.65. The zero-order valence-corrected chi connectivity index (χ0v) is 14.7. The number of rotatable bonds is 5. The molecule has 0 aliphatic rings. The largest absolute Gasteiger partial charge is 0.478 e. The molecule has 0 radical (unpaired) electrons. The second-order valence-corrected chi connectivity index (χ2v) is 6.41. The highest BCUT2D eigenvalue weighted by Gasteiger charge is 2.09. The van der Waals surface area contributed by atoms with E-state index in [2.05, 4.69) is 5.32 Å². The summed E-state index contributed by atoms with van der Waals surface area (Å²) in [6.45, 7) is 0. The van der Waals surface area contributed by atoms with E-state index in [1.54, 1.807) is 30.3 Å². The van der Waals surface area contributed by atoms with Gasteiger partial charge in [0, 0.05) is 5.69 Å². The van der Waals surface area contributed by atoms with Gasteiger partial charge in [0.1, 0.15) is 0 Å². The number of hydrogen-bond acceptors (Lipinski definition) is 2. The maximum absolute atomic E-state index is 11.3. The second kappa shape index (κ2) is 7.60. The molecule has 126 valence electrons. The number of halogens is 2. The lowest BCUT2D eigenvalue weighted by Gasteiger charge is -2.10. The van der Waals surface area contributed by atoms with Crippen molar-refractivity contribution in [1.82, 2.24) is 0 Å². The summed E-state index contributed by atoms with van der Waals surface area (Å²) < 4.78 is 0. The Morgan fingerprint density at radius 3 is 2.24 bits per heavy atom. The van der Waals surface area contributed by atoms with Gasteiger partial charge >= 0.3 is 5.97 Å². The predicted octanol–water partition coefficient (Wildman–Crippen LogP) is 6.03. The van der Waals surface area contributed by atoms with Gasteiger partial charge in [-0.3, -0.25) is 0 Å². The lowest BCUT2D eigenvalue weighted by molar-refractivity contribution is 0.0698. The van der Waals surface area contributed by atoms with Gasteiger partial charge < -0.3 is 10.4 Å². The fraction of sp³-hybridized carbons (Fsp3) is 0.0500. The first-order valence-corrected chi connectivity index (χ1v) is 8.41. The third-order valence-electron chi connectivity index (χ3n) is 3.78. The Morgan fingerprint density at radius 1 is 0.880 bits per heavy atom. The molecular formula is C20H15Cl2NO2. The Kier molecular flexibility index (Phi) is 5.27. The van der Waals surface area contributed by atoms with Gasteiger partial charge in [0.15, 0.2) is 0 Å². The summed E-state index contributed by atoms with van der Waals surface area (Å²) in [4.78, 5) is 11.3. The van der Waals surface area contributed by atoms with Crippen LogP contribution in [0, 0.1) is 0 Å². The molecule has 25 heavy (non-hydrogen) atoms. The molecule has 0 spiro atoms. The standard InChI is InChI=1S/C20H15Cl2NO2/c21-17-10-7-14(12-18(17)22)11-13-5-8-15(9-6-13)23-19-4-2-1-3-16(19)20(24)25/h1-10,12,23H,11H2,(H,24,25). The van der Waals surface area contributed by atoms with Gasteiger partial charge in [0.2, 0.25) is 0 Å². The van der Waals surface area contributed by atoms with Crippen molar-refractivity contribution in [3.63, 3.8) is 0 Å². The summed E-state index contributed by atoms with van der Waals surface area (Å²) in [6, 6.07) is 20.2. The molecule has 0 aliphatic carbocycles. The number of hydrogen-bond donors (Lipinski definition) is 2. The van der Waals surface area contributed by atoms with E-state index in [9.17, 15) is 9.90 Å². The number of benzene rings is 3. The van der Waals surface area contributed by atoms with E-state index in [0.29, 0.717) is 15.7 Å². The number of para-hydroxylation sites is 1. The van der Waals surface area contributed by atoms with E-state index in [1.165, 1.54) is 0 Å². The number of aromatic carboxylic acids is 1. The third kappa shape index (κ3) is 4.32. The summed E-state index contributed by atoms with van der Waals surface area (Å²) in [5, 5.41) is 13.5. The van der Waals surface area contributed by atoms with Crippen LogP contribution in [0.1, 0.15) is 21.5 Å². The lowest BCUT2D eigenvalue weighted by Crippen LogP contribution is -2.02. The van der Waals surface area contributed by atoms with Gasteiger partial charge in [-0.05, 0) is 53.9 Å². The van der Waals surface area contributed by atoms with E-state index in [-0.39, 0.29) is 5.56 Å². The average Bonchev–Trinajstić information content (AvgIpc) is 2.60. The fourth-order valence-electron chi connectivity index (χ4n) is 2.53. The maximum atomic E-state index is 11.3. The number of anilines is 2. The smallest absolute Gasteiger partial charge is 0.337 e. The average molecular weight is 372 g/mol. The number of carbonyl (C=O) groups is 1. The Bertz CT molecular complexity index is 908. The fourth-order valence-corrected chi connectivity index (χ4v) is 2.85. The molecule has 0 amide bonds. The van der Waals surface area contributed by atoms with Crippen LogP contribution in [0.2, 0.25) is 10.0 Å². The van der Waals surface area contributed by atoms with Crippen LogP contribution in [0.4, 0.5) is 11.4 Å². The SMILES string of the molecule is O=C(O)c1ccccc1Nc1ccc(Cc2ccc(Cl)c(Cl)c2)cc1. The summed E-state index contributed by atoms with van der Waals surface area (Å²) in [7, 11) is 0. The van der Waals surface area contributed by atoms with Gasteiger partial charge in [0.05, 0.1) is 21.3 Å². The van der Waals surface area contributed by atoms with Crippen molar-refractivity contribution in [3.05, 3.63) is 93.5 Å². The summed E-state index contributed by atoms with van der Waals surface area (Å²) in [5.74, 6) is -0.959. The molecule has 0 saturated heterocycles. The van der Waals surface area contributed by atoms with Gasteiger partial charge in [-0.1, -0.05) is 53.5 Å². The molecule has 3 aromatic rings. The minimum absolute atomic E-state index is 0.238. The van der Waals surface area contributed by atoms with E-state index in [4.69, 9.17) is 23.2 Å². The van der Waals surface area contributed by atoms with E-state index >= 15 is 0 Å². The highest BCUT2D eigenvalue weighted by Crippen LogP contribution is 2.25. The first-order chi connectivity index (χ1) is 12.0. The highest BCUT2D eigenvalue weighted by atomic mass is 35.5. The highest BCUT2D eigenvalue weighted by molar-refractivity contribution is 6.42. The van der Waals surface area contributed by atoms with Gasteiger partial charge in [-0.2, -0.15) is 0 Å². The molecule has 0 aromatic heterocycles.